The first-order valence-electron chi connectivity index (χ1n) is 16.1. The number of fused-ring (bicyclic) bond motifs is 1. The number of hydrogen-bond donors (Lipinski definition) is 0. The fraction of sp³-hybridized carbons (Fsp3) is 0.0465. The lowest BCUT2D eigenvalue weighted by atomic mass is 10.1. The zero-order chi connectivity index (χ0) is 32.5. The molecular weight excluding hydrogens is 587 g/mol. The molecule has 230 valence electrons. The van der Waals surface area contributed by atoms with Gasteiger partial charge in [0.05, 0.1) is 34.8 Å². The molecule has 0 radical (unpaired) electrons. The molecule has 5 nitrogen and oxygen atoms in total. The van der Waals surface area contributed by atoms with Crippen LogP contribution in [-0.4, -0.2) is 19.5 Å². The lowest BCUT2D eigenvalue weighted by Gasteiger charge is -2.26. The first-order chi connectivity index (χ1) is 23.6. The highest BCUT2D eigenvalue weighted by Crippen LogP contribution is 2.36. The van der Waals surface area contributed by atoms with Crippen molar-refractivity contribution in [3.8, 4) is 39.6 Å². The molecule has 0 aliphatic carbocycles. The highest BCUT2D eigenvalue weighted by molar-refractivity contribution is 5.84. The van der Waals surface area contributed by atoms with Crippen molar-refractivity contribution in [1.82, 2.24) is 19.5 Å². The molecule has 0 spiro atoms. The lowest BCUT2D eigenvalue weighted by Crippen LogP contribution is -2.09. The molecule has 5 heteroatoms. The summed E-state index contributed by atoms with van der Waals surface area (Å²) in [4.78, 5) is 16.9. The van der Waals surface area contributed by atoms with E-state index in [9.17, 15) is 0 Å². The summed E-state index contributed by atoms with van der Waals surface area (Å²) in [5.74, 6) is 0.905. The third-order valence-electron chi connectivity index (χ3n) is 8.67. The summed E-state index contributed by atoms with van der Waals surface area (Å²) < 4.78 is 2.21. The van der Waals surface area contributed by atoms with Gasteiger partial charge in [-0.2, -0.15) is 0 Å². The van der Waals surface area contributed by atoms with E-state index in [1.165, 1.54) is 11.1 Å². The summed E-state index contributed by atoms with van der Waals surface area (Å²) in [5.41, 5.74) is 13.6. The number of hydrogen-bond acceptors (Lipinski definition) is 4. The number of nitrogens with zero attached hydrogens (tertiary/aromatic N) is 5. The Morgan fingerprint density at radius 3 is 1.46 bits per heavy atom. The Morgan fingerprint density at radius 1 is 0.458 bits per heavy atom. The van der Waals surface area contributed by atoms with Gasteiger partial charge in [0.1, 0.15) is 5.82 Å². The number of benzene rings is 6. The van der Waals surface area contributed by atoms with Crippen molar-refractivity contribution in [2.45, 2.75) is 13.8 Å². The summed E-state index contributed by atoms with van der Waals surface area (Å²) >= 11 is 0. The fourth-order valence-electron chi connectivity index (χ4n) is 6.09. The Kier molecular flexibility index (Phi) is 7.55. The normalized spacial score (nSPS) is 11.1. The number of para-hydroxylation sites is 3. The van der Waals surface area contributed by atoms with Gasteiger partial charge in [-0.1, -0.05) is 102 Å². The molecule has 6 aromatic carbocycles. The van der Waals surface area contributed by atoms with E-state index in [1.54, 1.807) is 0 Å². The second-order valence-corrected chi connectivity index (χ2v) is 12.0. The van der Waals surface area contributed by atoms with Crippen LogP contribution in [0.5, 0.6) is 0 Å². The van der Waals surface area contributed by atoms with Crippen molar-refractivity contribution in [3.05, 3.63) is 175 Å². The Morgan fingerprint density at radius 2 is 0.917 bits per heavy atom. The maximum Gasteiger partial charge on any atom is 0.145 e. The molecule has 2 aromatic heterocycles. The van der Waals surface area contributed by atoms with Gasteiger partial charge in [0.2, 0.25) is 0 Å². The van der Waals surface area contributed by atoms with E-state index >= 15 is 0 Å². The van der Waals surface area contributed by atoms with Gasteiger partial charge in [-0.05, 0) is 74.5 Å². The molecule has 0 aliphatic rings. The zero-order valence-corrected chi connectivity index (χ0v) is 26.8. The van der Waals surface area contributed by atoms with Gasteiger partial charge in [0, 0.05) is 39.4 Å². The van der Waals surface area contributed by atoms with Crippen LogP contribution in [0.1, 0.15) is 11.1 Å². The van der Waals surface area contributed by atoms with E-state index in [1.807, 2.05) is 24.5 Å². The Hall–Kier alpha value is -6.33. The van der Waals surface area contributed by atoms with Crippen LogP contribution in [0.3, 0.4) is 0 Å². The first-order valence-corrected chi connectivity index (χ1v) is 16.1. The van der Waals surface area contributed by atoms with Crippen LogP contribution in [0.25, 0.3) is 50.6 Å². The predicted octanol–water partition coefficient (Wildman–Crippen LogP) is 10.9. The number of rotatable bonds is 7. The molecule has 0 atom stereocenters. The fourth-order valence-corrected chi connectivity index (χ4v) is 6.09. The topological polar surface area (TPSA) is 46.8 Å². The van der Waals surface area contributed by atoms with Crippen LogP contribution in [-0.2, 0) is 0 Å². The van der Waals surface area contributed by atoms with E-state index in [2.05, 4.69) is 163 Å². The average Bonchev–Trinajstić information content (AvgIpc) is 3.54. The van der Waals surface area contributed by atoms with Crippen molar-refractivity contribution >= 4 is 28.1 Å². The molecule has 0 bridgehead atoms. The van der Waals surface area contributed by atoms with Crippen LogP contribution in [0.15, 0.2) is 164 Å². The monoisotopic (exact) mass is 619 g/mol. The molecule has 0 saturated carbocycles. The molecule has 8 aromatic rings. The van der Waals surface area contributed by atoms with Gasteiger partial charge in [-0.3, -0.25) is 14.5 Å². The van der Waals surface area contributed by atoms with Crippen molar-refractivity contribution < 1.29 is 0 Å². The van der Waals surface area contributed by atoms with Gasteiger partial charge < -0.3 is 4.90 Å². The smallest absolute Gasteiger partial charge is 0.145 e. The van der Waals surface area contributed by atoms with Crippen LogP contribution in [0.4, 0.5) is 17.1 Å². The summed E-state index contributed by atoms with van der Waals surface area (Å²) in [7, 11) is 0. The van der Waals surface area contributed by atoms with Gasteiger partial charge in [0.25, 0.3) is 0 Å². The highest BCUT2D eigenvalue weighted by atomic mass is 15.1. The lowest BCUT2D eigenvalue weighted by molar-refractivity contribution is 1.10. The first kappa shape index (κ1) is 29.1. The average molecular weight is 620 g/mol. The second-order valence-electron chi connectivity index (χ2n) is 12.0. The number of aromatic nitrogens is 4. The van der Waals surface area contributed by atoms with Gasteiger partial charge in [-0.15, -0.1) is 0 Å². The van der Waals surface area contributed by atoms with Crippen LogP contribution in [0.2, 0.25) is 0 Å². The Labute approximate surface area is 280 Å². The van der Waals surface area contributed by atoms with Crippen molar-refractivity contribution in [2.75, 3.05) is 4.90 Å². The van der Waals surface area contributed by atoms with Crippen LogP contribution in [0, 0.1) is 13.8 Å². The number of imidazole rings is 1. The third-order valence-corrected chi connectivity index (χ3v) is 8.67. The summed E-state index contributed by atoms with van der Waals surface area (Å²) in [5, 5.41) is 0. The summed E-state index contributed by atoms with van der Waals surface area (Å²) in [6.45, 7) is 4.22. The zero-order valence-electron chi connectivity index (χ0n) is 26.8. The molecular formula is C43H33N5. The van der Waals surface area contributed by atoms with E-state index in [4.69, 9.17) is 15.0 Å². The van der Waals surface area contributed by atoms with Gasteiger partial charge in [0.15, 0.2) is 0 Å². The van der Waals surface area contributed by atoms with Crippen molar-refractivity contribution in [3.63, 3.8) is 0 Å². The molecule has 0 unspecified atom stereocenters. The van der Waals surface area contributed by atoms with E-state index in [0.717, 1.165) is 67.7 Å². The summed E-state index contributed by atoms with van der Waals surface area (Å²) in [6, 6.07) is 52.8. The maximum absolute atomic E-state index is 5.00. The standard InChI is InChI=1S/C43H33N5/c1-30-12-22-36(23-13-30)47(37-24-14-31(2)15-25-37)38-26-20-33(21-27-38)41-29-44-40(28-45-41)32-16-18-34(19-17-32)43-46-39-10-6-7-11-42(39)48(43)35-8-4-3-5-9-35/h3-29H,1-2H3. The third kappa shape index (κ3) is 5.63. The molecule has 8 rings (SSSR count). The van der Waals surface area contributed by atoms with E-state index in [0.29, 0.717) is 0 Å². The molecule has 0 fully saturated rings. The Balaban J connectivity index is 1.05. The quantitative estimate of drug-likeness (QED) is 0.178. The summed E-state index contributed by atoms with van der Waals surface area (Å²) in [6.07, 6.45) is 3.70. The Bertz CT molecular complexity index is 2260. The molecule has 0 amide bonds. The largest absolute Gasteiger partial charge is 0.311 e. The molecule has 2 heterocycles. The SMILES string of the molecule is Cc1ccc(N(c2ccc(C)cc2)c2ccc(-c3cnc(-c4ccc(-c5nc6ccccc6n5-c5ccccc5)cc4)cn3)cc2)cc1. The molecule has 0 saturated heterocycles. The number of anilines is 3. The van der Waals surface area contributed by atoms with Crippen molar-refractivity contribution in [2.24, 2.45) is 0 Å². The maximum atomic E-state index is 5.00. The van der Waals surface area contributed by atoms with Crippen molar-refractivity contribution in [1.29, 1.82) is 0 Å². The van der Waals surface area contributed by atoms with Gasteiger partial charge in [-0.25, -0.2) is 4.98 Å². The van der Waals surface area contributed by atoms with Crippen LogP contribution < -0.4 is 4.90 Å². The number of aryl methyl sites for hydroxylation is 2. The molecule has 0 N–H and O–H groups in total. The second kappa shape index (κ2) is 12.5. The molecule has 0 aliphatic heterocycles. The van der Waals surface area contributed by atoms with E-state index in [-0.39, 0.29) is 0 Å². The minimum absolute atomic E-state index is 0.823. The predicted molar refractivity (Wildman–Crippen MR) is 197 cm³/mol. The van der Waals surface area contributed by atoms with E-state index < -0.39 is 0 Å². The van der Waals surface area contributed by atoms with Crippen LogP contribution >= 0.6 is 0 Å². The highest BCUT2D eigenvalue weighted by Gasteiger charge is 2.15. The molecule has 48 heavy (non-hydrogen) atoms. The minimum atomic E-state index is 0.823. The minimum Gasteiger partial charge on any atom is -0.311 e. The van der Waals surface area contributed by atoms with Gasteiger partial charge >= 0.3 is 0 Å².